The van der Waals surface area contributed by atoms with E-state index in [1.807, 2.05) is 13.8 Å². The van der Waals surface area contributed by atoms with Crippen molar-refractivity contribution in [3.8, 4) is 0 Å². The zero-order valence-electron chi connectivity index (χ0n) is 8.09. The van der Waals surface area contributed by atoms with E-state index in [-0.39, 0.29) is 11.8 Å². The second-order valence-corrected chi connectivity index (χ2v) is 3.55. The third-order valence-corrected chi connectivity index (χ3v) is 1.26. The number of carbonyl (C=O) groups is 2. The predicted octanol–water partition coefficient (Wildman–Crippen LogP) is 1.76. The van der Waals surface area contributed by atoms with Gasteiger partial charge in [0.15, 0.2) is 0 Å². The molecule has 0 bridgehead atoms. The number of hydrogen-bond donors (Lipinski definition) is 0. The molecule has 0 amide bonds. The van der Waals surface area contributed by atoms with E-state index in [1.165, 1.54) is 0 Å². The van der Waals surface area contributed by atoms with Gasteiger partial charge in [0.25, 0.3) is 0 Å². The molecule has 0 aliphatic rings. The molecule has 0 radical (unpaired) electrons. The summed E-state index contributed by atoms with van der Waals surface area (Å²) in [7, 11) is 0. The lowest BCUT2D eigenvalue weighted by Gasteiger charge is -2.06. The Hall–Kier alpha value is -0.860. The minimum atomic E-state index is -0.444. The monoisotopic (exact) mass is 172 g/mol. The number of ether oxygens (including phenoxy) is 1. The van der Waals surface area contributed by atoms with Crippen molar-refractivity contribution in [1.82, 2.24) is 0 Å². The van der Waals surface area contributed by atoms with Crippen LogP contribution in [0, 0.1) is 11.8 Å². The maximum Gasteiger partial charge on any atom is 0.316 e. The number of hydrogen-bond acceptors (Lipinski definition) is 3. The van der Waals surface area contributed by atoms with Gasteiger partial charge in [0.05, 0.1) is 5.92 Å². The summed E-state index contributed by atoms with van der Waals surface area (Å²) < 4.78 is 4.54. The summed E-state index contributed by atoms with van der Waals surface area (Å²) in [6.07, 6.45) is 0.304. The molecule has 0 atom stereocenters. The molecule has 0 aliphatic carbocycles. The van der Waals surface area contributed by atoms with Crippen LogP contribution in [0.15, 0.2) is 0 Å². The van der Waals surface area contributed by atoms with Gasteiger partial charge in [0, 0.05) is 6.42 Å². The van der Waals surface area contributed by atoms with Crippen LogP contribution in [0.5, 0.6) is 0 Å². The summed E-state index contributed by atoms with van der Waals surface area (Å²) in [5.41, 5.74) is 0. The summed E-state index contributed by atoms with van der Waals surface area (Å²) in [5, 5.41) is 0. The first kappa shape index (κ1) is 11.1. The third kappa shape index (κ3) is 4.88. The van der Waals surface area contributed by atoms with Crippen LogP contribution in [0.4, 0.5) is 0 Å². The van der Waals surface area contributed by atoms with Gasteiger partial charge in [-0.25, -0.2) is 0 Å². The van der Waals surface area contributed by atoms with E-state index >= 15 is 0 Å². The maximum atomic E-state index is 10.9. The highest BCUT2D eigenvalue weighted by atomic mass is 16.6. The molecule has 3 heteroatoms. The molecule has 0 heterocycles. The van der Waals surface area contributed by atoms with Crippen molar-refractivity contribution < 1.29 is 14.3 Å². The Balaban J connectivity index is 3.77. The van der Waals surface area contributed by atoms with Gasteiger partial charge in [-0.15, -0.1) is 0 Å². The largest absolute Gasteiger partial charge is 0.393 e. The van der Waals surface area contributed by atoms with E-state index in [0.717, 1.165) is 0 Å². The van der Waals surface area contributed by atoms with Gasteiger partial charge in [-0.2, -0.15) is 0 Å². The molecule has 0 unspecified atom stereocenters. The first-order chi connectivity index (χ1) is 5.43. The number of esters is 2. The molecule has 70 valence electrons. The highest BCUT2D eigenvalue weighted by Gasteiger charge is 2.14. The van der Waals surface area contributed by atoms with Gasteiger partial charge in [-0.05, 0) is 5.92 Å². The van der Waals surface area contributed by atoms with Crippen LogP contribution in [0.25, 0.3) is 0 Å². The zero-order valence-corrected chi connectivity index (χ0v) is 8.09. The fourth-order valence-corrected chi connectivity index (χ4v) is 0.605. The molecule has 3 nitrogen and oxygen atoms in total. The molecule has 0 saturated carbocycles. The van der Waals surface area contributed by atoms with Crippen LogP contribution in [0.2, 0.25) is 0 Å². The second kappa shape index (κ2) is 4.91. The molecule has 0 aromatic rings. The van der Waals surface area contributed by atoms with Crippen molar-refractivity contribution in [2.24, 2.45) is 11.8 Å². The van der Waals surface area contributed by atoms with Crippen LogP contribution >= 0.6 is 0 Å². The average molecular weight is 172 g/mol. The molecule has 0 aromatic carbocycles. The van der Waals surface area contributed by atoms with Gasteiger partial charge < -0.3 is 4.74 Å². The van der Waals surface area contributed by atoms with Gasteiger partial charge >= 0.3 is 11.9 Å². The molecule has 0 N–H and O–H groups in total. The van der Waals surface area contributed by atoms with E-state index in [4.69, 9.17) is 0 Å². The molecular formula is C9H16O3. The highest BCUT2D eigenvalue weighted by Crippen LogP contribution is 2.03. The minimum Gasteiger partial charge on any atom is -0.393 e. The molecule has 0 fully saturated rings. The van der Waals surface area contributed by atoms with Crippen molar-refractivity contribution in [3.05, 3.63) is 0 Å². The lowest BCUT2D eigenvalue weighted by atomic mass is 10.1. The van der Waals surface area contributed by atoms with Crippen molar-refractivity contribution in [3.63, 3.8) is 0 Å². The lowest BCUT2D eigenvalue weighted by molar-refractivity contribution is -0.162. The Kier molecular flexibility index (Phi) is 4.55. The van der Waals surface area contributed by atoms with E-state index in [1.54, 1.807) is 13.8 Å². The van der Waals surface area contributed by atoms with Crippen molar-refractivity contribution in [2.45, 2.75) is 34.1 Å². The van der Waals surface area contributed by atoms with Crippen molar-refractivity contribution in [2.75, 3.05) is 0 Å². The summed E-state index contributed by atoms with van der Waals surface area (Å²) >= 11 is 0. The van der Waals surface area contributed by atoms with Crippen LogP contribution in [0.3, 0.4) is 0 Å². The van der Waals surface area contributed by atoms with Crippen molar-refractivity contribution >= 4 is 11.9 Å². The van der Waals surface area contributed by atoms with Crippen LogP contribution in [-0.2, 0) is 14.3 Å². The Morgan fingerprint density at radius 3 is 2.00 bits per heavy atom. The predicted molar refractivity (Wildman–Crippen MR) is 45.4 cm³/mol. The molecule has 0 rings (SSSR count). The quantitative estimate of drug-likeness (QED) is 0.481. The SMILES string of the molecule is CC(C)CC(=O)OC(=O)C(C)C. The normalized spacial score (nSPS) is 10.5. The van der Waals surface area contributed by atoms with E-state index in [0.29, 0.717) is 6.42 Å². The van der Waals surface area contributed by atoms with Gasteiger partial charge in [0.2, 0.25) is 0 Å². The lowest BCUT2D eigenvalue weighted by Crippen LogP contribution is -2.18. The molecule has 0 saturated heterocycles. The fraction of sp³-hybridized carbons (Fsp3) is 0.778. The third-order valence-electron chi connectivity index (χ3n) is 1.26. The zero-order chi connectivity index (χ0) is 9.72. The molecule has 12 heavy (non-hydrogen) atoms. The average Bonchev–Trinajstić information content (AvgIpc) is 1.84. The molecular weight excluding hydrogens is 156 g/mol. The van der Waals surface area contributed by atoms with E-state index < -0.39 is 11.9 Å². The number of carbonyl (C=O) groups excluding carboxylic acids is 2. The Morgan fingerprint density at radius 1 is 1.17 bits per heavy atom. The smallest absolute Gasteiger partial charge is 0.316 e. The van der Waals surface area contributed by atoms with Crippen molar-refractivity contribution in [1.29, 1.82) is 0 Å². The van der Waals surface area contributed by atoms with E-state index in [9.17, 15) is 9.59 Å². The summed E-state index contributed by atoms with van der Waals surface area (Å²) in [4.78, 5) is 21.8. The van der Waals surface area contributed by atoms with Gasteiger partial charge in [-0.1, -0.05) is 27.7 Å². The highest BCUT2D eigenvalue weighted by molar-refractivity contribution is 5.86. The standard InChI is InChI=1S/C9H16O3/c1-6(2)5-8(10)12-9(11)7(3)4/h6-7H,5H2,1-4H3. The first-order valence-corrected chi connectivity index (χ1v) is 4.18. The van der Waals surface area contributed by atoms with Crippen LogP contribution in [0.1, 0.15) is 34.1 Å². The topological polar surface area (TPSA) is 43.4 Å². The summed E-state index contributed by atoms with van der Waals surface area (Å²) in [6, 6.07) is 0. The Labute approximate surface area is 73.1 Å². The van der Waals surface area contributed by atoms with E-state index in [2.05, 4.69) is 4.74 Å². The molecule has 0 aromatic heterocycles. The molecule has 0 spiro atoms. The maximum absolute atomic E-state index is 10.9. The second-order valence-electron chi connectivity index (χ2n) is 3.55. The summed E-state index contributed by atoms with van der Waals surface area (Å²) in [6.45, 7) is 7.21. The fourth-order valence-electron chi connectivity index (χ4n) is 0.605. The van der Waals surface area contributed by atoms with Crippen LogP contribution in [-0.4, -0.2) is 11.9 Å². The van der Waals surface area contributed by atoms with Crippen LogP contribution < -0.4 is 0 Å². The minimum absolute atomic E-state index is 0.234. The Morgan fingerprint density at radius 2 is 1.67 bits per heavy atom. The van der Waals surface area contributed by atoms with Gasteiger partial charge in [0.1, 0.15) is 0 Å². The molecule has 0 aliphatic heterocycles. The number of rotatable bonds is 3. The Bertz CT molecular complexity index is 171. The van der Waals surface area contributed by atoms with Gasteiger partial charge in [-0.3, -0.25) is 9.59 Å². The first-order valence-electron chi connectivity index (χ1n) is 4.18. The summed E-state index contributed by atoms with van der Waals surface area (Å²) in [5.74, 6) is -0.872.